The molecular weight excluding hydrogens is 332 g/mol. The van der Waals surface area contributed by atoms with E-state index in [0.717, 1.165) is 34.9 Å². The number of carbonyl (C=O) groups is 1. The highest BCUT2D eigenvalue weighted by Gasteiger charge is 2.20. The molecule has 1 aliphatic carbocycles. The molecule has 0 bridgehead atoms. The number of Topliss-reactive ketones (excluding diaryl/α,β-unsaturated/α-hetero) is 1. The molecule has 5 nitrogen and oxygen atoms in total. The van der Waals surface area contributed by atoms with E-state index in [0.29, 0.717) is 22.9 Å². The number of nitrogens with zero attached hydrogens (tertiary/aromatic N) is 4. The number of ketones is 1. The van der Waals surface area contributed by atoms with Gasteiger partial charge in [0.15, 0.2) is 5.78 Å². The van der Waals surface area contributed by atoms with Crippen LogP contribution in [0.1, 0.15) is 34.5 Å². The van der Waals surface area contributed by atoms with Crippen molar-refractivity contribution >= 4 is 34.9 Å². The van der Waals surface area contributed by atoms with Gasteiger partial charge in [0.05, 0.1) is 11.3 Å². The van der Waals surface area contributed by atoms with Gasteiger partial charge in [-0.3, -0.25) is 4.79 Å². The number of hydrogen-bond acceptors (Lipinski definition) is 5. The number of hydrogen-bond donors (Lipinski definition) is 0. The van der Waals surface area contributed by atoms with Gasteiger partial charge < -0.3 is 0 Å². The first-order valence-electron chi connectivity index (χ1n) is 7.36. The molecule has 0 radical (unpaired) electrons. The number of benzene rings is 1. The number of aryl methyl sites for hydroxylation is 1. The lowest BCUT2D eigenvalue weighted by Crippen LogP contribution is -2.14. The van der Waals surface area contributed by atoms with E-state index in [1.165, 1.54) is 11.8 Å². The van der Waals surface area contributed by atoms with Crippen LogP contribution in [0.15, 0.2) is 35.6 Å². The summed E-state index contributed by atoms with van der Waals surface area (Å²) in [5.74, 6) is 1.45. The number of carbonyl (C=O) groups excluding carboxylic acids is 1. The molecule has 7 heteroatoms. The summed E-state index contributed by atoms with van der Waals surface area (Å²) in [7, 11) is 0. The standard InChI is InChI=1S/C16H13ClN4OS/c17-11-6-4-10(5-7-11)9-23-16-19-15-18-13-2-1-3-14(22)12(13)8-21(15)20-16/h4-8H,1-3,9H2. The maximum absolute atomic E-state index is 12.0. The summed E-state index contributed by atoms with van der Waals surface area (Å²) < 4.78 is 1.60. The summed E-state index contributed by atoms with van der Waals surface area (Å²) in [6, 6.07) is 7.72. The van der Waals surface area contributed by atoms with E-state index in [2.05, 4.69) is 15.1 Å². The third-order valence-electron chi connectivity index (χ3n) is 3.79. The van der Waals surface area contributed by atoms with Crippen LogP contribution in [0.2, 0.25) is 5.02 Å². The Morgan fingerprint density at radius 1 is 1.17 bits per heavy atom. The molecule has 23 heavy (non-hydrogen) atoms. The Morgan fingerprint density at radius 2 is 2.00 bits per heavy atom. The Bertz CT molecular complexity index is 891. The first-order chi connectivity index (χ1) is 11.2. The topological polar surface area (TPSA) is 60.2 Å². The Labute approximate surface area is 142 Å². The van der Waals surface area contributed by atoms with Crippen molar-refractivity contribution in [2.24, 2.45) is 0 Å². The van der Waals surface area contributed by atoms with Gasteiger partial charge in [-0.1, -0.05) is 35.5 Å². The maximum atomic E-state index is 12.0. The fourth-order valence-electron chi connectivity index (χ4n) is 2.60. The van der Waals surface area contributed by atoms with E-state index in [1.807, 2.05) is 24.3 Å². The summed E-state index contributed by atoms with van der Waals surface area (Å²) in [5, 5.41) is 5.80. The molecular formula is C16H13ClN4OS. The van der Waals surface area contributed by atoms with Gasteiger partial charge in [-0.2, -0.15) is 4.98 Å². The second-order valence-corrected chi connectivity index (χ2v) is 6.81. The third kappa shape index (κ3) is 2.96. The molecule has 0 unspecified atom stereocenters. The average molecular weight is 345 g/mol. The molecule has 0 atom stereocenters. The van der Waals surface area contributed by atoms with Crippen LogP contribution in [0.3, 0.4) is 0 Å². The van der Waals surface area contributed by atoms with Crippen molar-refractivity contribution in [1.29, 1.82) is 0 Å². The van der Waals surface area contributed by atoms with Gasteiger partial charge >= 0.3 is 0 Å². The van der Waals surface area contributed by atoms with Gasteiger partial charge in [-0.25, -0.2) is 9.50 Å². The first-order valence-corrected chi connectivity index (χ1v) is 8.72. The zero-order valence-electron chi connectivity index (χ0n) is 12.2. The van der Waals surface area contributed by atoms with Crippen LogP contribution < -0.4 is 0 Å². The molecule has 2 heterocycles. The van der Waals surface area contributed by atoms with Crippen LogP contribution in [0.5, 0.6) is 0 Å². The molecule has 2 aromatic heterocycles. The fourth-order valence-corrected chi connectivity index (χ4v) is 3.51. The highest BCUT2D eigenvalue weighted by Crippen LogP contribution is 2.23. The molecule has 0 fully saturated rings. The van der Waals surface area contributed by atoms with E-state index in [4.69, 9.17) is 11.6 Å². The number of halogens is 1. The molecule has 0 aliphatic heterocycles. The fraction of sp³-hybridized carbons (Fsp3) is 0.250. The number of fused-ring (bicyclic) bond motifs is 2. The minimum atomic E-state index is 0.145. The second-order valence-electron chi connectivity index (χ2n) is 5.43. The molecule has 0 N–H and O–H groups in total. The van der Waals surface area contributed by atoms with E-state index in [-0.39, 0.29) is 5.78 Å². The summed E-state index contributed by atoms with van der Waals surface area (Å²) in [5.41, 5.74) is 2.68. The predicted molar refractivity (Wildman–Crippen MR) is 89.1 cm³/mol. The van der Waals surface area contributed by atoms with Gasteiger partial charge in [-0.15, -0.1) is 5.10 Å². The molecule has 3 aromatic rings. The van der Waals surface area contributed by atoms with E-state index in [9.17, 15) is 4.79 Å². The molecule has 0 amide bonds. The van der Waals surface area contributed by atoms with Crippen molar-refractivity contribution in [1.82, 2.24) is 19.6 Å². The number of aromatic nitrogens is 4. The zero-order valence-corrected chi connectivity index (χ0v) is 13.8. The second kappa shape index (κ2) is 5.94. The Kier molecular flexibility index (Phi) is 3.79. The number of rotatable bonds is 3. The minimum Gasteiger partial charge on any atom is -0.294 e. The monoisotopic (exact) mass is 344 g/mol. The zero-order chi connectivity index (χ0) is 15.8. The van der Waals surface area contributed by atoms with Crippen molar-refractivity contribution in [2.45, 2.75) is 30.2 Å². The summed E-state index contributed by atoms with van der Waals surface area (Å²) in [4.78, 5) is 20.9. The van der Waals surface area contributed by atoms with Crippen LogP contribution in [-0.2, 0) is 12.2 Å². The van der Waals surface area contributed by atoms with Crippen molar-refractivity contribution in [3.63, 3.8) is 0 Å². The predicted octanol–water partition coefficient (Wildman–Crippen LogP) is 3.59. The van der Waals surface area contributed by atoms with Crippen LogP contribution in [0, 0.1) is 0 Å². The van der Waals surface area contributed by atoms with Gasteiger partial charge in [0, 0.05) is 23.4 Å². The molecule has 0 saturated carbocycles. The highest BCUT2D eigenvalue weighted by molar-refractivity contribution is 7.98. The Morgan fingerprint density at radius 3 is 2.83 bits per heavy atom. The normalized spacial score (nSPS) is 14.2. The smallest absolute Gasteiger partial charge is 0.253 e. The Balaban J connectivity index is 1.59. The van der Waals surface area contributed by atoms with Crippen LogP contribution in [0.4, 0.5) is 0 Å². The minimum absolute atomic E-state index is 0.145. The molecule has 4 rings (SSSR count). The van der Waals surface area contributed by atoms with Crippen LogP contribution >= 0.6 is 23.4 Å². The Hall–Kier alpha value is -1.92. The lowest BCUT2D eigenvalue weighted by molar-refractivity contribution is 0.0971. The average Bonchev–Trinajstić information content (AvgIpc) is 2.95. The van der Waals surface area contributed by atoms with Gasteiger partial charge in [-0.05, 0) is 30.5 Å². The van der Waals surface area contributed by atoms with E-state index < -0.39 is 0 Å². The summed E-state index contributed by atoms with van der Waals surface area (Å²) in [6.07, 6.45) is 4.05. The maximum Gasteiger partial charge on any atom is 0.253 e. The number of thioether (sulfide) groups is 1. The van der Waals surface area contributed by atoms with Crippen molar-refractivity contribution in [3.8, 4) is 0 Å². The van der Waals surface area contributed by atoms with E-state index >= 15 is 0 Å². The molecule has 116 valence electrons. The SMILES string of the molecule is O=C1CCCc2nc3nc(SCc4ccc(Cl)cc4)nn3cc21. The van der Waals surface area contributed by atoms with Crippen LogP contribution in [-0.4, -0.2) is 25.4 Å². The third-order valence-corrected chi connectivity index (χ3v) is 4.95. The molecule has 0 spiro atoms. The van der Waals surface area contributed by atoms with Crippen molar-refractivity contribution in [3.05, 3.63) is 52.3 Å². The van der Waals surface area contributed by atoms with Crippen molar-refractivity contribution < 1.29 is 4.79 Å². The van der Waals surface area contributed by atoms with Crippen LogP contribution in [0.25, 0.3) is 5.78 Å². The molecule has 0 saturated heterocycles. The van der Waals surface area contributed by atoms with Gasteiger partial charge in [0.2, 0.25) is 5.16 Å². The first kappa shape index (κ1) is 14.7. The van der Waals surface area contributed by atoms with E-state index in [1.54, 1.807) is 10.7 Å². The van der Waals surface area contributed by atoms with Gasteiger partial charge in [0.1, 0.15) is 0 Å². The van der Waals surface area contributed by atoms with Crippen molar-refractivity contribution in [2.75, 3.05) is 0 Å². The molecule has 1 aliphatic rings. The quantitative estimate of drug-likeness (QED) is 0.679. The molecule has 1 aromatic carbocycles. The highest BCUT2D eigenvalue weighted by atomic mass is 35.5. The lowest BCUT2D eigenvalue weighted by Gasteiger charge is -2.12. The summed E-state index contributed by atoms with van der Waals surface area (Å²) >= 11 is 7.42. The summed E-state index contributed by atoms with van der Waals surface area (Å²) in [6.45, 7) is 0. The lowest BCUT2D eigenvalue weighted by atomic mass is 9.96. The largest absolute Gasteiger partial charge is 0.294 e. The van der Waals surface area contributed by atoms with Gasteiger partial charge in [0.25, 0.3) is 5.78 Å².